The maximum Gasteiger partial charge on any atom is 0.234 e. The first-order valence-electron chi connectivity index (χ1n) is 9.13. The van der Waals surface area contributed by atoms with Crippen molar-refractivity contribution in [3.05, 3.63) is 53.2 Å². The van der Waals surface area contributed by atoms with Gasteiger partial charge < -0.3 is 16.0 Å². The molecule has 1 aliphatic rings. The van der Waals surface area contributed by atoms with E-state index < -0.39 is 0 Å². The number of nitrogens with one attached hydrogen (secondary N) is 1. The van der Waals surface area contributed by atoms with Crippen molar-refractivity contribution in [2.45, 2.75) is 18.6 Å². The van der Waals surface area contributed by atoms with Crippen LogP contribution >= 0.6 is 23.4 Å². The van der Waals surface area contributed by atoms with Gasteiger partial charge in [-0.25, -0.2) is 4.98 Å². The Hall–Kier alpha value is -2.25. The van der Waals surface area contributed by atoms with Gasteiger partial charge in [-0.3, -0.25) is 9.59 Å². The fraction of sp³-hybridized carbons (Fsp3) is 0.350. The predicted molar refractivity (Wildman–Crippen MR) is 115 cm³/mol. The number of thioether (sulfide) groups is 1. The van der Waals surface area contributed by atoms with Gasteiger partial charge in [0.25, 0.3) is 0 Å². The van der Waals surface area contributed by atoms with Gasteiger partial charge in [0.15, 0.2) is 0 Å². The summed E-state index contributed by atoms with van der Waals surface area (Å²) < 4.78 is 0. The van der Waals surface area contributed by atoms with Crippen LogP contribution in [0.3, 0.4) is 0 Å². The molecule has 1 unspecified atom stereocenters. The number of piperidine rings is 1. The van der Waals surface area contributed by atoms with Crippen LogP contribution in [0.25, 0.3) is 0 Å². The van der Waals surface area contributed by atoms with Crippen LogP contribution in [0.2, 0.25) is 5.02 Å². The fourth-order valence-electron chi connectivity index (χ4n) is 3.10. The van der Waals surface area contributed by atoms with E-state index in [1.807, 2.05) is 36.4 Å². The number of nitrogens with two attached hydrogens (primary N) is 1. The highest BCUT2D eigenvalue weighted by atomic mass is 35.5. The first-order chi connectivity index (χ1) is 13.5. The van der Waals surface area contributed by atoms with E-state index in [0.717, 1.165) is 36.5 Å². The molecule has 1 aromatic heterocycles. The summed E-state index contributed by atoms with van der Waals surface area (Å²) >= 11 is 7.41. The quantitative estimate of drug-likeness (QED) is 0.720. The van der Waals surface area contributed by atoms with Crippen molar-refractivity contribution in [2.24, 2.45) is 11.7 Å². The lowest BCUT2D eigenvalue weighted by Crippen LogP contribution is -2.41. The molecule has 1 fully saturated rings. The summed E-state index contributed by atoms with van der Waals surface area (Å²) in [4.78, 5) is 30.0. The number of benzene rings is 1. The number of carbonyl (C=O) groups is 2. The minimum atomic E-state index is -0.260. The minimum absolute atomic E-state index is 0.0692. The van der Waals surface area contributed by atoms with Crippen molar-refractivity contribution in [1.29, 1.82) is 0 Å². The summed E-state index contributed by atoms with van der Waals surface area (Å²) in [5, 5.41) is 3.56. The molecule has 0 radical (unpaired) electrons. The van der Waals surface area contributed by atoms with E-state index >= 15 is 0 Å². The van der Waals surface area contributed by atoms with Gasteiger partial charge in [0.1, 0.15) is 5.82 Å². The van der Waals surface area contributed by atoms with E-state index in [1.165, 1.54) is 0 Å². The Morgan fingerprint density at radius 3 is 2.71 bits per heavy atom. The van der Waals surface area contributed by atoms with Crippen molar-refractivity contribution in [3.63, 3.8) is 0 Å². The van der Waals surface area contributed by atoms with E-state index in [0.29, 0.717) is 23.0 Å². The lowest BCUT2D eigenvalue weighted by atomic mass is 9.97. The summed E-state index contributed by atoms with van der Waals surface area (Å²) in [6, 6.07) is 11.3. The lowest BCUT2D eigenvalue weighted by Gasteiger charge is -2.32. The molecule has 1 atom stereocenters. The number of nitrogens with zero attached hydrogens (tertiary/aromatic N) is 2. The van der Waals surface area contributed by atoms with Gasteiger partial charge in [-0.2, -0.15) is 0 Å². The third kappa shape index (κ3) is 5.87. The SMILES string of the molecule is NC(=O)C1CCCN(c2ccc(NC(=O)CSCc3ccc(Cl)cc3)cn2)C1. The number of anilines is 2. The number of pyridine rings is 1. The molecule has 2 aromatic rings. The average molecular weight is 419 g/mol. The Morgan fingerprint density at radius 2 is 2.04 bits per heavy atom. The standard InChI is InChI=1S/C20H23ClN4O2S/c21-16-5-3-14(4-6-16)12-28-13-19(26)24-17-7-8-18(23-10-17)25-9-1-2-15(11-25)20(22)27/h3-8,10,15H,1-2,9,11-13H2,(H2,22,27)(H,24,26). The van der Waals surface area contributed by atoms with Crippen LogP contribution in [-0.2, 0) is 15.3 Å². The van der Waals surface area contributed by atoms with E-state index in [4.69, 9.17) is 17.3 Å². The smallest absolute Gasteiger partial charge is 0.234 e. The van der Waals surface area contributed by atoms with E-state index in [-0.39, 0.29) is 17.7 Å². The van der Waals surface area contributed by atoms with Crippen molar-refractivity contribution >= 4 is 46.7 Å². The molecular formula is C20H23ClN4O2S. The number of hydrogen-bond donors (Lipinski definition) is 2. The molecule has 1 aliphatic heterocycles. The fourth-order valence-corrected chi connectivity index (χ4v) is 4.02. The highest BCUT2D eigenvalue weighted by Crippen LogP contribution is 2.22. The number of amides is 2. The molecule has 3 N–H and O–H groups in total. The Bertz CT molecular complexity index is 814. The van der Waals surface area contributed by atoms with Crippen LogP contribution in [0.15, 0.2) is 42.6 Å². The summed E-state index contributed by atoms with van der Waals surface area (Å²) in [7, 11) is 0. The van der Waals surface area contributed by atoms with Gasteiger partial charge in [0, 0.05) is 23.9 Å². The van der Waals surface area contributed by atoms with Gasteiger partial charge in [0.2, 0.25) is 11.8 Å². The second-order valence-corrected chi connectivity index (χ2v) is 8.18. The lowest BCUT2D eigenvalue weighted by molar-refractivity contribution is -0.122. The van der Waals surface area contributed by atoms with Crippen LogP contribution < -0.4 is 16.0 Å². The number of hydrogen-bond acceptors (Lipinski definition) is 5. The van der Waals surface area contributed by atoms with Crippen LogP contribution in [0.5, 0.6) is 0 Å². The first-order valence-corrected chi connectivity index (χ1v) is 10.7. The second kappa shape index (κ2) is 9.80. The molecule has 148 valence electrons. The largest absolute Gasteiger partial charge is 0.369 e. The van der Waals surface area contributed by atoms with Crippen LogP contribution in [0, 0.1) is 5.92 Å². The number of carbonyl (C=O) groups excluding carboxylic acids is 2. The minimum Gasteiger partial charge on any atom is -0.369 e. The normalized spacial score (nSPS) is 16.6. The topological polar surface area (TPSA) is 88.3 Å². The molecule has 0 spiro atoms. The van der Waals surface area contributed by atoms with Crippen molar-refractivity contribution < 1.29 is 9.59 Å². The van der Waals surface area contributed by atoms with Gasteiger partial charge in [0.05, 0.1) is 23.6 Å². The molecule has 1 saturated heterocycles. The van der Waals surface area contributed by atoms with E-state index in [1.54, 1.807) is 18.0 Å². The Kier molecular flexibility index (Phi) is 7.17. The molecule has 3 rings (SSSR count). The van der Waals surface area contributed by atoms with Gasteiger partial charge in [-0.05, 0) is 42.7 Å². The maximum absolute atomic E-state index is 12.1. The van der Waals surface area contributed by atoms with Gasteiger partial charge >= 0.3 is 0 Å². The van der Waals surface area contributed by atoms with Crippen LogP contribution in [-0.4, -0.2) is 35.6 Å². The average Bonchev–Trinajstić information content (AvgIpc) is 2.70. The first kappa shape index (κ1) is 20.5. The Labute approximate surface area is 173 Å². The summed E-state index contributed by atoms with van der Waals surface area (Å²) in [6.45, 7) is 1.44. The molecule has 6 nitrogen and oxygen atoms in total. The molecule has 8 heteroatoms. The molecule has 0 bridgehead atoms. The predicted octanol–water partition coefficient (Wildman–Crippen LogP) is 3.31. The summed E-state index contributed by atoms with van der Waals surface area (Å²) in [6.07, 6.45) is 3.39. The molecule has 28 heavy (non-hydrogen) atoms. The zero-order chi connectivity index (χ0) is 19.9. The maximum atomic E-state index is 12.1. The number of rotatable bonds is 7. The Morgan fingerprint density at radius 1 is 1.25 bits per heavy atom. The van der Waals surface area contributed by atoms with Crippen LogP contribution in [0.1, 0.15) is 18.4 Å². The third-order valence-corrected chi connectivity index (χ3v) is 5.85. The molecule has 0 saturated carbocycles. The second-order valence-electron chi connectivity index (χ2n) is 6.76. The van der Waals surface area contributed by atoms with Crippen molar-refractivity contribution in [3.8, 4) is 0 Å². The molecule has 0 aliphatic carbocycles. The molecule has 2 heterocycles. The highest BCUT2D eigenvalue weighted by molar-refractivity contribution is 7.99. The third-order valence-electron chi connectivity index (χ3n) is 4.59. The van der Waals surface area contributed by atoms with Crippen molar-refractivity contribution in [2.75, 3.05) is 29.1 Å². The molecule has 1 aromatic carbocycles. The monoisotopic (exact) mass is 418 g/mol. The summed E-state index contributed by atoms with van der Waals surface area (Å²) in [5.74, 6) is 1.44. The molecule has 2 amide bonds. The highest BCUT2D eigenvalue weighted by Gasteiger charge is 2.24. The van der Waals surface area contributed by atoms with Gasteiger partial charge in [-0.1, -0.05) is 23.7 Å². The van der Waals surface area contributed by atoms with E-state index in [9.17, 15) is 9.59 Å². The number of aromatic nitrogens is 1. The summed E-state index contributed by atoms with van der Waals surface area (Å²) in [5.41, 5.74) is 7.21. The van der Waals surface area contributed by atoms with Gasteiger partial charge in [-0.15, -0.1) is 11.8 Å². The van der Waals surface area contributed by atoms with Crippen molar-refractivity contribution in [1.82, 2.24) is 4.98 Å². The zero-order valence-electron chi connectivity index (χ0n) is 15.4. The van der Waals surface area contributed by atoms with Crippen LogP contribution in [0.4, 0.5) is 11.5 Å². The molecular weight excluding hydrogens is 396 g/mol. The zero-order valence-corrected chi connectivity index (χ0v) is 17.0. The number of primary amides is 1. The Balaban J connectivity index is 1.46. The van der Waals surface area contributed by atoms with E-state index in [2.05, 4.69) is 15.2 Å². The number of halogens is 1.